The molecule has 0 atom stereocenters. The van der Waals surface area contributed by atoms with Crippen LogP contribution in [0.4, 0.5) is 0 Å². The summed E-state index contributed by atoms with van der Waals surface area (Å²) in [5, 5.41) is 3.48. The monoisotopic (exact) mass is 228 g/mol. The molecular formula is C13H16N4. The summed E-state index contributed by atoms with van der Waals surface area (Å²) < 4.78 is 2.02. The Hall–Kier alpha value is -1.68. The second kappa shape index (κ2) is 4.67. The number of rotatable bonds is 5. The van der Waals surface area contributed by atoms with Gasteiger partial charge in [-0.2, -0.15) is 0 Å². The summed E-state index contributed by atoms with van der Waals surface area (Å²) in [5.41, 5.74) is 2.32. The molecule has 1 fully saturated rings. The van der Waals surface area contributed by atoms with E-state index in [0.29, 0.717) is 0 Å². The number of hydrogen-bond acceptors (Lipinski definition) is 3. The second-order valence-electron chi connectivity index (χ2n) is 4.55. The molecule has 0 saturated heterocycles. The van der Waals surface area contributed by atoms with Gasteiger partial charge in [-0.3, -0.25) is 4.98 Å². The maximum absolute atomic E-state index is 4.46. The molecule has 88 valence electrons. The normalized spacial score (nSPS) is 15.1. The average molecular weight is 228 g/mol. The van der Waals surface area contributed by atoms with Crippen LogP contribution in [0.25, 0.3) is 0 Å². The zero-order valence-corrected chi connectivity index (χ0v) is 9.71. The molecule has 0 amide bonds. The van der Waals surface area contributed by atoms with Crippen molar-refractivity contribution in [2.24, 2.45) is 0 Å². The van der Waals surface area contributed by atoms with Gasteiger partial charge in [0, 0.05) is 31.2 Å². The van der Waals surface area contributed by atoms with Crippen molar-refractivity contribution in [3.05, 3.63) is 48.3 Å². The molecule has 2 heterocycles. The zero-order valence-electron chi connectivity index (χ0n) is 9.71. The number of pyridine rings is 1. The third-order valence-electron chi connectivity index (χ3n) is 2.96. The van der Waals surface area contributed by atoms with Crippen molar-refractivity contribution < 1.29 is 0 Å². The van der Waals surface area contributed by atoms with Gasteiger partial charge in [0.2, 0.25) is 0 Å². The van der Waals surface area contributed by atoms with Gasteiger partial charge in [0.25, 0.3) is 0 Å². The molecule has 17 heavy (non-hydrogen) atoms. The lowest BCUT2D eigenvalue weighted by atomic mass is 10.2. The Balaban J connectivity index is 1.58. The Bertz CT molecular complexity index is 457. The van der Waals surface area contributed by atoms with E-state index in [1.807, 2.05) is 23.3 Å². The van der Waals surface area contributed by atoms with Gasteiger partial charge in [-0.05, 0) is 24.5 Å². The fourth-order valence-corrected chi connectivity index (χ4v) is 1.77. The first-order valence-corrected chi connectivity index (χ1v) is 6.03. The van der Waals surface area contributed by atoms with Crippen LogP contribution in [0.15, 0.2) is 37.1 Å². The van der Waals surface area contributed by atoms with Crippen molar-refractivity contribution in [1.29, 1.82) is 0 Å². The van der Waals surface area contributed by atoms with Gasteiger partial charge in [-0.15, -0.1) is 0 Å². The molecule has 0 unspecified atom stereocenters. The Morgan fingerprint density at radius 3 is 2.94 bits per heavy atom. The van der Waals surface area contributed by atoms with Crippen molar-refractivity contribution in [1.82, 2.24) is 19.9 Å². The van der Waals surface area contributed by atoms with E-state index in [2.05, 4.69) is 27.4 Å². The predicted molar refractivity (Wildman–Crippen MR) is 65.4 cm³/mol. The molecule has 2 aromatic heterocycles. The molecule has 0 spiro atoms. The molecule has 2 aromatic rings. The smallest absolute Gasteiger partial charge is 0.0949 e. The highest BCUT2D eigenvalue weighted by Crippen LogP contribution is 2.19. The Morgan fingerprint density at radius 2 is 2.29 bits per heavy atom. The van der Waals surface area contributed by atoms with Gasteiger partial charge < -0.3 is 9.88 Å². The average Bonchev–Trinajstić information content (AvgIpc) is 3.05. The first-order chi connectivity index (χ1) is 8.40. The van der Waals surface area contributed by atoms with Crippen LogP contribution < -0.4 is 5.32 Å². The molecule has 1 aliphatic rings. The van der Waals surface area contributed by atoms with Gasteiger partial charge in [0.1, 0.15) is 0 Å². The first kappa shape index (κ1) is 10.5. The predicted octanol–water partition coefficient (Wildman–Crippen LogP) is 1.58. The largest absolute Gasteiger partial charge is 0.331 e. The SMILES string of the molecule is c1cn(Cc2ccc(CNC3CC3)cn2)cn1. The van der Waals surface area contributed by atoms with E-state index in [4.69, 9.17) is 0 Å². The van der Waals surface area contributed by atoms with E-state index >= 15 is 0 Å². The lowest BCUT2D eigenvalue weighted by Gasteiger charge is -2.05. The van der Waals surface area contributed by atoms with Gasteiger partial charge in [-0.25, -0.2) is 4.98 Å². The van der Waals surface area contributed by atoms with Crippen LogP contribution in [0.2, 0.25) is 0 Å². The number of hydrogen-bond donors (Lipinski definition) is 1. The van der Waals surface area contributed by atoms with Crippen molar-refractivity contribution in [3.8, 4) is 0 Å². The minimum atomic E-state index is 0.751. The summed E-state index contributed by atoms with van der Waals surface area (Å²) in [4.78, 5) is 8.48. The summed E-state index contributed by atoms with van der Waals surface area (Å²) in [6.45, 7) is 1.72. The number of nitrogens with one attached hydrogen (secondary N) is 1. The molecule has 1 N–H and O–H groups in total. The summed E-state index contributed by atoms with van der Waals surface area (Å²) in [5.74, 6) is 0. The van der Waals surface area contributed by atoms with Crippen LogP contribution >= 0.6 is 0 Å². The number of imidazole rings is 1. The summed E-state index contributed by atoms with van der Waals surface area (Å²) in [7, 11) is 0. The summed E-state index contributed by atoms with van der Waals surface area (Å²) >= 11 is 0. The van der Waals surface area contributed by atoms with Crippen LogP contribution in [-0.2, 0) is 13.1 Å². The topological polar surface area (TPSA) is 42.7 Å². The van der Waals surface area contributed by atoms with Crippen LogP contribution in [0.5, 0.6) is 0 Å². The second-order valence-corrected chi connectivity index (χ2v) is 4.55. The van der Waals surface area contributed by atoms with Gasteiger partial charge >= 0.3 is 0 Å². The van der Waals surface area contributed by atoms with Gasteiger partial charge in [-0.1, -0.05) is 6.07 Å². The quantitative estimate of drug-likeness (QED) is 0.845. The van der Waals surface area contributed by atoms with Crippen molar-refractivity contribution >= 4 is 0 Å². The molecule has 0 aliphatic heterocycles. The van der Waals surface area contributed by atoms with Crippen molar-refractivity contribution in [3.63, 3.8) is 0 Å². The minimum Gasteiger partial charge on any atom is -0.331 e. The van der Waals surface area contributed by atoms with E-state index < -0.39 is 0 Å². The Morgan fingerprint density at radius 1 is 1.35 bits per heavy atom. The summed E-state index contributed by atoms with van der Waals surface area (Å²) in [6, 6.07) is 4.99. The van der Waals surface area contributed by atoms with Crippen LogP contribution in [0.1, 0.15) is 24.1 Å². The molecule has 3 rings (SSSR count). The van der Waals surface area contributed by atoms with Crippen LogP contribution in [0, 0.1) is 0 Å². The van der Waals surface area contributed by atoms with Crippen molar-refractivity contribution in [2.45, 2.75) is 32.0 Å². The Labute approximate surface area is 101 Å². The third kappa shape index (κ3) is 2.91. The van der Waals surface area contributed by atoms with Gasteiger partial charge in [0.15, 0.2) is 0 Å². The van der Waals surface area contributed by atoms with E-state index in [1.165, 1.54) is 18.4 Å². The first-order valence-electron chi connectivity index (χ1n) is 6.03. The molecule has 1 saturated carbocycles. The summed E-state index contributed by atoms with van der Waals surface area (Å²) in [6.07, 6.45) is 10.2. The fourth-order valence-electron chi connectivity index (χ4n) is 1.77. The van der Waals surface area contributed by atoms with E-state index in [0.717, 1.165) is 24.8 Å². The minimum absolute atomic E-state index is 0.751. The van der Waals surface area contributed by atoms with Gasteiger partial charge in [0.05, 0.1) is 18.6 Å². The molecular weight excluding hydrogens is 212 g/mol. The maximum atomic E-state index is 4.46. The molecule has 0 bridgehead atoms. The standard InChI is InChI=1S/C13H16N4/c1-2-13(9-17-6-5-14-10-17)16-8-11(1)7-15-12-3-4-12/h1-2,5-6,8,10,12,15H,3-4,7,9H2. The van der Waals surface area contributed by atoms with Crippen LogP contribution in [0.3, 0.4) is 0 Å². The Kier molecular flexibility index (Phi) is 2.88. The lowest BCUT2D eigenvalue weighted by molar-refractivity contribution is 0.683. The molecule has 0 aromatic carbocycles. The van der Waals surface area contributed by atoms with Crippen molar-refractivity contribution in [2.75, 3.05) is 0 Å². The maximum Gasteiger partial charge on any atom is 0.0949 e. The van der Waals surface area contributed by atoms with E-state index in [-0.39, 0.29) is 0 Å². The molecule has 4 nitrogen and oxygen atoms in total. The van der Waals surface area contributed by atoms with E-state index in [9.17, 15) is 0 Å². The molecule has 0 radical (unpaired) electrons. The molecule has 4 heteroatoms. The fraction of sp³-hybridized carbons (Fsp3) is 0.385. The highest BCUT2D eigenvalue weighted by molar-refractivity contribution is 5.14. The zero-order chi connectivity index (χ0) is 11.5. The highest BCUT2D eigenvalue weighted by atomic mass is 15.0. The van der Waals surface area contributed by atoms with Crippen LogP contribution in [-0.4, -0.2) is 20.6 Å². The highest BCUT2D eigenvalue weighted by Gasteiger charge is 2.19. The van der Waals surface area contributed by atoms with E-state index in [1.54, 1.807) is 6.20 Å². The molecule has 1 aliphatic carbocycles. The number of aromatic nitrogens is 3. The third-order valence-corrected chi connectivity index (χ3v) is 2.96. The number of nitrogens with zero attached hydrogens (tertiary/aromatic N) is 3. The lowest BCUT2D eigenvalue weighted by Crippen LogP contribution is -2.15.